The van der Waals surface area contributed by atoms with Crippen molar-refractivity contribution in [1.29, 1.82) is 0 Å². The minimum atomic E-state index is 1.22. The molecule has 0 heterocycles. The summed E-state index contributed by atoms with van der Waals surface area (Å²) in [5, 5.41) is 0. The molecule has 0 aliphatic rings. The van der Waals surface area contributed by atoms with Crippen molar-refractivity contribution in [2.45, 2.75) is 72.1 Å². The monoisotopic (exact) mass is 182 g/mol. The summed E-state index contributed by atoms with van der Waals surface area (Å²) in [6, 6.07) is 0. The van der Waals surface area contributed by atoms with E-state index in [2.05, 4.69) is 26.8 Å². The molecule has 0 radical (unpaired) electrons. The molecule has 0 spiro atoms. The van der Waals surface area contributed by atoms with Crippen LogP contribution in [0.15, 0.2) is 11.6 Å². The predicted octanol–water partition coefficient (Wildman–Crippen LogP) is 5.09. The third-order valence-corrected chi connectivity index (χ3v) is 2.61. The van der Waals surface area contributed by atoms with Crippen LogP contribution >= 0.6 is 0 Å². The van der Waals surface area contributed by atoms with E-state index in [1.807, 2.05) is 0 Å². The molecule has 0 unspecified atom stereocenters. The van der Waals surface area contributed by atoms with Gasteiger partial charge >= 0.3 is 0 Å². The van der Waals surface area contributed by atoms with E-state index in [0.717, 1.165) is 0 Å². The van der Waals surface area contributed by atoms with E-state index in [4.69, 9.17) is 0 Å². The van der Waals surface area contributed by atoms with Gasteiger partial charge in [-0.1, -0.05) is 57.6 Å². The Kier molecular flexibility index (Phi) is 9.63. The van der Waals surface area contributed by atoms with Crippen LogP contribution in [0, 0.1) is 0 Å². The predicted molar refractivity (Wildman–Crippen MR) is 62.0 cm³/mol. The van der Waals surface area contributed by atoms with Crippen molar-refractivity contribution >= 4 is 0 Å². The van der Waals surface area contributed by atoms with Gasteiger partial charge in [0.05, 0.1) is 0 Å². The van der Waals surface area contributed by atoms with Crippen LogP contribution in [-0.2, 0) is 0 Å². The number of unbranched alkanes of at least 4 members (excludes halogenated alkanes) is 6. The number of allylic oxidation sites excluding steroid dienone is 2. The van der Waals surface area contributed by atoms with Gasteiger partial charge in [0.1, 0.15) is 0 Å². The van der Waals surface area contributed by atoms with Crippen LogP contribution in [0.4, 0.5) is 0 Å². The van der Waals surface area contributed by atoms with E-state index in [1.165, 1.54) is 51.4 Å². The fraction of sp³-hybridized carbons (Fsp3) is 0.846. The molecule has 0 N–H and O–H groups in total. The standard InChI is InChI=1S/C13H26/c1-4-6-7-8-9-10-11-12-13(3)5-2/h12H,4-11H2,1-3H3. The lowest BCUT2D eigenvalue weighted by Gasteiger charge is -1.99. The fourth-order valence-corrected chi connectivity index (χ4v) is 1.42. The highest BCUT2D eigenvalue weighted by molar-refractivity contribution is 4.96. The lowest BCUT2D eigenvalue weighted by atomic mass is 10.1. The zero-order chi connectivity index (χ0) is 9.94. The lowest BCUT2D eigenvalue weighted by molar-refractivity contribution is 0.610. The van der Waals surface area contributed by atoms with E-state index in [1.54, 1.807) is 5.57 Å². The summed E-state index contributed by atoms with van der Waals surface area (Å²) in [5.41, 5.74) is 1.55. The second-order valence-corrected chi connectivity index (χ2v) is 3.96. The van der Waals surface area contributed by atoms with Crippen LogP contribution in [0.1, 0.15) is 72.1 Å². The topological polar surface area (TPSA) is 0 Å². The molecule has 0 aliphatic heterocycles. The Bertz CT molecular complexity index is 122. The smallest absolute Gasteiger partial charge is 0.0348 e. The molecule has 0 rings (SSSR count). The van der Waals surface area contributed by atoms with Gasteiger partial charge < -0.3 is 0 Å². The molecule has 78 valence electrons. The van der Waals surface area contributed by atoms with Gasteiger partial charge in [0.15, 0.2) is 0 Å². The van der Waals surface area contributed by atoms with Crippen molar-refractivity contribution in [1.82, 2.24) is 0 Å². The van der Waals surface area contributed by atoms with Crippen LogP contribution in [0.25, 0.3) is 0 Å². The van der Waals surface area contributed by atoms with Crippen molar-refractivity contribution in [3.8, 4) is 0 Å². The summed E-state index contributed by atoms with van der Waals surface area (Å²) in [7, 11) is 0. The molecule has 0 saturated carbocycles. The maximum absolute atomic E-state index is 2.40. The van der Waals surface area contributed by atoms with Crippen molar-refractivity contribution in [2.75, 3.05) is 0 Å². The second-order valence-electron chi connectivity index (χ2n) is 3.96. The normalized spacial score (nSPS) is 12.1. The Morgan fingerprint density at radius 1 is 0.923 bits per heavy atom. The van der Waals surface area contributed by atoms with E-state index < -0.39 is 0 Å². The zero-order valence-electron chi connectivity index (χ0n) is 9.73. The third-order valence-electron chi connectivity index (χ3n) is 2.61. The van der Waals surface area contributed by atoms with Gasteiger partial charge in [-0.15, -0.1) is 0 Å². The molecule has 0 nitrogen and oxygen atoms in total. The zero-order valence-corrected chi connectivity index (χ0v) is 9.73. The van der Waals surface area contributed by atoms with Crippen LogP contribution in [0.2, 0.25) is 0 Å². The molecule has 0 fully saturated rings. The highest BCUT2D eigenvalue weighted by Crippen LogP contribution is 2.09. The van der Waals surface area contributed by atoms with Crippen molar-refractivity contribution in [3.63, 3.8) is 0 Å². The molecule has 0 amide bonds. The fourth-order valence-electron chi connectivity index (χ4n) is 1.42. The van der Waals surface area contributed by atoms with Crippen LogP contribution in [0.3, 0.4) is 0 Å². The van der Waals surface area contributed by atoms with E-state index >= 15 is 0 Å². The summed E-state index contributed by atoms with van der Waals surface area (Å²) < 4.78 is 0. The SMILES string of the molecule is CCCCCCCCC=C(C)CC. The Morgan fingerprint density at radius 3 is 2.15 bits per heavy atom. The average Bonchev–Trinajstić information content (AvgIpc) is 2.16. The average molecular weight is 182 g/mol. The highest BCUT2D eigenvalue weighted by Gasteiger charge is 1.89. The molecular weight excluding hydrogens is 156 g/mol. The first-order valence-corrected chi connectivity index (χ1v) is 5.96. The quantitative estimate of drug-likeness (QED) is 0.362. The van der Waals surface area contributed by atoms with Crippen LogP contribution < -0.4 is 0 Å². The largest absolute Gasteiger partial charge is 0.0856 e. The summed E-state index contributed by atoms with van der Waals surface area (Å²) in [4.78, 5) is 0. The van der Waals surface area contributed by atoms with E-state index in [9.17, 15) is 0 Å². The summed E-state index contributed by atoms with van der Waals surface area (Å²) >= 11 is 0. The maximum Gasteiger partial charge on any atom is -0.0348 e. The lowest BCUT2D eigenvalue weighted by Crippen LogP contribution is -1.79. The molecular formula is C13H26. The number of rotatable bonds is 8. The third kappa shape index (κ3) is 9.66. The molecule has 0 atom stereocenters. The van der Waals surface area contributed by atoms with Gasteiger partial charge in [-0.05, 0) is 26.2 Å². The van der Waals surface area contributed by atoms with Gasteiger partial charge in [0.25, 0.3) is 0 Å². The van der Waals surface area contributed by atoms with Crippen molar-refractivity contribution in [2.24, 2.45) is 0 Å². The molecule has 0 aliphatic carbocycles. The van der Waals surface area contributed by atoms with Gasteiger partial charge in [-0.3, -0.25) is 0 Å². The Labute approximate surface area is 84.4 Å². The molecule has 0 saturated heterocycles. The molecule has 0 heteroatoms. The van der Waals surface area contributed by atoms with Gasteiger partial charge in [-0.2, -0.15) is 0 Å². The number of hydrogen-bond acceptors (Lipinski definition) is 0. The maximum atomic E-state index is 2.40. The molecule has 0 aromatic heterocycles. The van der Waals surface area contributed by atoms with Crippen molar-refractivity contribution < 1.29 is 0 Å². The first-order valence-electron chi connectivity index (χ1n) is 5.96. The number of hydrogen-bond donors (Lipinski definition) is 0. The Balaban J connectivity index is 3.08. The second kappa shape index (κ2) is 9.83. The first kappa shape index (κ1) is 12.7. The molecule has 0 aromatic rings. The van der Waals surface area contributed by atoms with Gasteiger partial charge in [-0.25, -0.2) is 0 Å². The minimum absolute atomic E-state index is 1.22. The summed E-state index contributed by atoms with van der Waals surface area (Å²) in [5.74, 6) is 0. The summed E-state index contributed by atoms with van der Waals surface area (Å²) in [6.45, 7) is 6.73. The minimum Gasteiger partial charge on any atom is -0.0856 e. The molecule has 0 aromatic carbocycles. The molecule has 13 heavy (non-hydrogen) atoms. The Hall–Kier alpha value is -0.260. The molecule has 0 bridgehead atoms. The summed E-state index contributed by atoms with van der Waals surface area (Å²) in [6.07, 6.45) is 13.4. The van der Waals surface area contributed by atoms with Gasteiger partial charge in [0.2, 0.25) is 0 Å². The van der Waals surface area contributed by atoms with E-state index in [0.29, 0.717) is 0 Å². The van der Waals surface area contributed by atoms with Crippen LogP contribution in [-0.4, -0.2) is 0 Å². The van der Waals surface area contributed by atoms with Crippen LogP contribution in [0.5, 0.6) is 0 Å². The van der Waals surface area contributed by atoms with Gasteiger partial charge in [0, 0.05) is 0 Å². The van der Waals surface area contributed by atoms with Crippen molar-refractivity contribution in [3.05, 3.63) is 11.6 Å². The first-order chi connectivity index (χ1) is 6.31. The highest BCUT2D eigenvalue weighted by atomic mass is 14.0. The Morgan fingerprint density at radius 2 is 1.54 bits per heavy atom. The van der Waals surface area contributed by atoms with E-state index in [-0.39, 0.29) is 0 Å².